The lowest BCUT2D eigenvalue weighted by atomic mass is 10.2. The number of anilines is 1. The molecule has 1 fully saturated rings. The van der Waals surface area contributed by atoms with Gasteiger partial charge < -0.3 is 0 Å². The van der Waals surface area contributed by atoms with E-state index in [9.17, 15) is 9.59 Å². The quantitative estimate of drug-likeness (QED) is 0.836. The topological polar surface area (TPSA) is 62.3 Å². The Morgan fingerprint density at radius 3 is 2.79 bits per heavy atom. The first-order valence-electron chi connectivity index (χ1n) is 6.04. The number of imide groups is 1. The Kier molecular flexibility index (Phi) is 4.07. The number of aromatic nitrogens is 1. The van der Waals surface area contributed by atoms with Crippen LogP contribution in [-0.2, 0) is 4.79 Å². The highest BCUT2D eigenvalue weighted by Gasteiger charge is 2.24. The molecule has 1 aliphatic rings. The van der Waals surface area contributed by atoms with Crippen LogP contribution in [0, 0.1) is 6.92 Å². The smallest absolute Gasteiger partial charge is 0.292 e. The Labute approximate surface area is 111 Å². The predicted octanol–water partition coefficient (Wildman–Crippen LogP) is 1.96. The van der Waals surface area contributed by atoms with Crippen LogP contribution >= 0.6 is 0 Å². The van der Waals surface area contributed by atoms with Crippen LogP contribution in [0.1, 0.15) is 12.0 Å². The molecule has 5 heteroatoms. The van der Waals surface area contributed by atoms with E-state index in [0.717, 1.165) is 5.56 Å². The molecule has 3 amide bonds. The number of nitrogens with zero attached hydrogens (tertiary/aromatic N) is 2. The first-order valence-corrected chi connectivity index (χ1v) is 6.04. The molecule has 1 N–H and O–H groups in total. The molecule has 0 atom stereocenters. The molecule has 1 aromatic heterocycles. The number of aryl methyl sites for hydroxylation is 1. The molecule has 0 spiro atoms. The highest BCUT2D eigenvalue weighted by atomic mass is 16.2. The van der Waals surface area contributed by atoms with Crippen molar-refractivity contribution in [2.45, 2.75) is 13.3 Å². The van der Waals surface area contributed by atoms with Crippen molar-refractivity contribution in [2.24, 2.45) is 0 Å². The third-order valence-corrected chi connectivity index (χ3v) is 2.80. The van der Waals surface area contributed by atoms with Crippen molar-refractivity contribution in [1.82, 2.24) is 10.3 Å². The van der Waals surface area contributed by atoms with Gasteiger partial charge in [-0.3, -0.25) is 20.0 Å². The highest BCUT2D eigenvalue weighted by molar-refractivity contribution is 6.05. The van der Waals surface area contributed by atoms with Gasteiger partial charge in [0.2, 0.25) is 5.91 Å². The predicted molar refractivity (Wildman–Crippen MR) is 72.1 cm³/mol. The average molecular weight is 257 g/mol. The number of amides is 3. The molecule has 0 unspecified atom stereocenters. The van der Waals surface area contributed by atoms with Crippen molar-refractivity contribution in [1.29, 1.82) is 0 Å². The minimum atomic E-state index is -0.401. The molecular weight excluding hydrogens is 242 g/mol. The summed E-state index contributed by atoms with van der Waals surface area (Å²) < 4.78 is 0. The number of hydrogen-bond acceptors (Lipinski definition) is 3. The number of carbonyl (C=O) groups is 2. The zero-order chi connectivity index (χ0) is 13.7. The van der Waals surface area contributed by atoms with Crippen molar-refractivity contribution in [3.05, 3.63) is 48.3 Å². The van der Waals surface area contributed by atoms with Gasteiger partial charge in [0, 0.05) is 19.2 Å². The van der Waals surface area contributed by atoms with Gasteiger partial charge in [-0.2, -0.15) is 0 Å². The second kappa shape index (κ2) is 5.95. The van der Waals surface area contributed by atoms with Crippen LogP contribution in [0.15, 0.2) is 42.7 Å². The number of urea groups is 1. The monoisotopic (exact) mass is 257 g/mol. The number of rotatable bonds is 1. The molecule has 0 aromatic carbocycles. The van der Waals surface area contributed by atoms with Gasteiger partial charge in [-0.1, -0.05) is 24.3 Å². The normalized spacial score (nSPS) is 14.7. The second-order valence-electron chi connectivity index (χ2n) is 4.19. The summed E-state index contributed by atoms with van der Waals surface area (Å²) in [6.07, 6.45) is 3.58. The molecule has 0 radical (unpaired) electrons. The molecule has 0 saturated carbocycles. The molecule has 1 saturated heterocycles. The fourth-order valence-corrected chi connectivity index (χ4v) is 1.80. The maximum absolute atomic E-state index is 11.8. The van der Waals surface area contributed by atoms with Gasteiger partial charge in [-0.25, -0.2) is 4.79 Å². The number of carbonyl (C=O) groups excluding carboxylic acids is 2. The first kappa shape index (κ1) is 13.0. The molecule has 1 aliphatic heterocycles. The maximum atomic E-state index is 11.8. The number of nitrogens with one attached hydrogen (secondary N) is 1. The van der Waals surface area contributed by atoms with E-state index < -0.39 is 6.03 Å². The van der Waals surface area contributed by atoms with E-state index in [1.807, 2.05) is 31.2 Å². The Morgan fingerprint density at radius 1 is 1.21 bits per heavy atom. The van der Waals surface area contributed by atoms with Crippen LogP contribution in [0.4, 0.5) is 10.5 Å². The van der Waals surface area contributed by atoms with E-state index in [-0.39, 0.29) is 5.91 Å². The van der Waals surface area contributed by atoms with Crippen LogP contribution in [0.25, 0.3) is 0 Å². The maximum Gasteiger partial charge on any atom is 0.328 e. The van der Waals surface area contributed by atoms with Crippen molar-refractivity contribution < 1.29 is 9.59 Å². The summed E-state index contributed by atoms with van der Waals surface area (Å²) >= 11 is 0. The van der Waals surface area contributed by atoms with E-state index in [0.29, 0.717) is 18.7 Å². The minimum Gasteiger partial charge on any atom is -0.292 e. The second-order valence-corrected chi connectivity index (χ2v) is 4.19. The van der Waals surface area contributed by atoms with Crippen molar-refractivity contribution in [3.8, 4) is 0 Å². The molecule has 1 aromatic rings. The summed E-state index contributed by atoms with van der Waals surface area (Å²) in [6.45, 7) is 2.28. The minimum absolute atomic E-state index is 0.241. The van der Waals surface area contributed by atoms with Crippen molar-refractivity contribution in [3.63, 3.8) is 0 Å². The summed E-state index contributed by atoms with van der Waals surface area (Å²) in [7, 11) is 0. The highest BCUT2D eigenvalue weighted by Crippen LogP contribution is 2.18. The van der Waals surface area contributed by atoms with Crippen LogP contribution in [0.3, 0.4) is 0 Å². The molecule has 0 aliphatic carbocycles. The Morgan fingerprint density at radius 2 is 2.00 bits per heavy atom. The van der Waals surface area contributed by atoms with E-state index >= 15 is 0 Å². The lowest BCUT2D eigenvalue weighted by molar-refractivity contribution is -0.120. The average Bonchev–Trinajstić information content (AvgIpc) is 2.38. The third-order valence-electron chi connectivity index (χ3n) is 2.80. The molecular formula is C14H15N3O2. The Balaban J connectivity index is 2.44. The van der Waals surface area contributed by atoms with Gasteiger partial charge in [-0.05, 0) is 18.6 Å². The summed E-state index contributed by atoms with van der Waals surface area (Å²) in [5, 5.41) is 2.31. The van der Waals surface area contributed by atoms with Crippen molar-refractivity contribution in [2.75, 3.05) is 11.4 Å². The molecule has 0 bridgehead atoms. The SMILES string of the molecule is Cc1ccccccncc1N1CCC(=O)NC1=O. The van der Waals surface area contributed by atoms with Gasteiger partial charge in [0.25, 0.3) is 0 Å². The van der Waals surface area contributed by atoms with E-state index in [1.54, 1.807) is 18.5 Å². The molecule has 19 heavy (non-hydrogen) atoms. The van der Waals surface area contributed by atoms with Crippen LogP contribution < -0.4 is 10.2 Å². The summed E-state index contributed by atoms with van der Waals surface area (Å²) in [5.41, 5.74) is 1.61. The largest absolute Gasteiger partial charge is 0.328 e. The molecule has 5 nitrogen and oxygen atoms in total. The van der Waals surface area contributed by atoms with Crippen molar-refractivity contribution >= 4 is 17.6 Å². The lowest BCUT2D eigenvalue weighted by Gasteiger charge is -2.26. The third kappa shape index (κ3) is 3.28. The van der Waals surface area contributed by atoms with Gasteiger partial charge >= 0.3 is 6.03 Å². The van der Waals surface area contributed by atoms with Gasteiger partial charge in [0.15, 0.2) is 0 Å². The molecule has 2 rings (SSSR count). The molecule has 2 heterocycles. The first-order chi connectivity index (χ1) is 9.18. The zero-order valence-corrected chi connectivity index (χ0v) is 10.7. The standard InChI is InChI=1S/C14H15N3O2/c1-11-6-4-2-3-5-8-15-10-12(11)17-9-7-13(18)16-14(17)19/h2-6,8,10H,7,9H2,1H3,(H,16,18,19). The molecule has 98 valence electrons. The zero-order valence-electron chi connectivity index (χ0n) is 10.7. The van der Waals surface area contributed by atoms with Crippen LogP contribution in [0.5, 0.6) is 0 Å². The van der Waals surface area contributed by atoms with E-state index in [2.05, 4.69) is 10.3 Å². The Hall–Kier alpha value is -2.43. The summed E-state index contributed by atoms with van der Waals surface area (Å²) in [5.74, 6) is -0.241. The fraction of sp³-hybridized carbons (Fsp3) is 0.214. The Bertz CT molecular complexity index is 556. The summed E-state index contributed by atoms with van der Waals surface area (Å²) in [4.78, 5) is 28.7. The van der Waals surface area contributed by atoms with Gasteiger partial charge in [0.1, 0.15) is 0 Å². The fourth-order valence-electron chi connectivity index (χ4n) is 1.80. The van der Waals surface area contributed by atoms with Crippen LogP contribution in [-0.4, -0.2) is 23.5 Å². The van der Waals surface area contributed by atoms with Gasteiger partial charge in [0.05, 0.1) is 11.9 Å². The van der Waals surface area contributed by atoms with Crippen LogP contribution in [0.2, 0.25) is 0 Å². The number of hydrogen-bond donors (Lipinski definition) is 1. The lowest BCUT2D eigenvalue weighted by Crippen LogP contribution is -2.49. The van der Waals surface area contributed by atoms with Gasteiger partial charge in [-0.15, -0.1) is 0 Å². The summed E-state index contributed by atoms with van der Waals surface area (Å²) in [6, 6.07) is 8.96. The van der Waals surface area contributed by atoms with E-state index in [4.69, 9.17) is 0 Å². The van der Waals surface area contributed by atoms with E-state index in [1.165, 1.54) is 4.90 Å².